The summed E-state index contributed by atoms with van der Waals surface area (Å²) in [6.07, 6.45) is 2.87. The van der Waals surface area contributed by atoms with Crippen molar-refractivity contribution in [3.05, 3.63) is 22.4 Å². The molecule has 0 bridgehead atoms. The van der Waals surface area contributed by atoms with Gasteiger partial charge in [0.2, 0.25) is 0 Å². The van der Waals surface area contributed by atoms with Gasteiger partial charge in [0.25, 0.3) is 5.91 Å². The van der Waals surface area contributed by atoms with Crippen molar-refractivity contribution in [1.29, 1.82) is 0 Å². The average Bonchev–Trinajstić information content (AvgIpc) is 2.55. The molecule has 0 saturated heterocycles. The predicted octanol–water partition coefficient (Wildman–Crippen LogP) is 3.12. The van der Waals surface area contributed by atoms with Crippen LogP contribution in [0.25, 0.3) is 0 Å². The molecule has 0 aromatic carbocycles. The Bertz CT molecular complexity index is 394. The summed E-state index contributed by atoms with van der Waals surface area (Å²) in [6.45, 7) is 8.53. The van der Waals surface area contributed by atoms with Gasteiger partial charge in [0, 0.05) is 17.2 Å². The molecule has 0 atom stereocenters. The standard InChI is InChI=1S/C12H19BrN2O2/c1-5-6-15-8-9(13)7-10(15)11(16)14-17-12(2,3)4/h7-8H,5-6H2,1-4H3,(H,14,16). The molecule has 1 heterocycles. The zero-order valence-electron chi connectivity index (χ0n) is 10.7. The second-order valence-electron chi connectivity index (χ2n) is 4.88. The number of hydrogen-bond acceptors (Lipinski definition) is 2. The zero-order valence-corrected chi connectivity index (χ0v) is 12.3. The fourth-order valence-electron chi connectivity index (χ4n) is 1.34. The third-order valence-electron chi connectivity index (χ3n) is 2.01. The van der Waals surface area contributed by atoms with Crippen LogP contribution in [0.2, 0.25) is 0 Å². The van der Waals surface area contributed by atoms with Crippen molar-refractivity contribution in [3.63, 3.8) is 0 Å². The quantitative estimate of drug-likeness (QED) is 0.869. The van der Waals surface area contributed by atoms with E-state index in [1.54, 1.807) is 6.07 Å². The lowest BCUT2D eigenvalue weighted by Crippen LogP contribution is -2.34. The van der Waals surface area contributed by atoms with Gasteiger partial charge in [-0.15, -0.1) is 0 Å². The normalized spacial score (nSPS) is 11.6. The number of carbonyl (C=O) groups excluding carboxylic acids is 1. The van der Waals surface area contributed by atoms with Crippen LogP contribution in [0, 0.1) is 0 Å². The van der Waals surface area contributed by atoms with E-state index < -0.39 is 5.60 Å². The van der Waals surface area contributed by atoms with Gasteiger partial charge < -0.3 is 4.57 Å². The molecule has 0 aliphatic rings. The number of nitrogens with zero attached hydrogens (tertiary/aromatic N) is 1. The molecule has 0 aliphatic heterocycles. The van der Waals surface area contributed by atoms with Crippen molar-refractivity contribution in [2.75, 3.05) is 0 Å². The molecule has 1 N–H and O–H groups in total. The maximum absolute atomic E-state index is 11.9. The van der Waals surface area contributed by atoms with Gasteiger partial charge in [-0.2, -0.15) is 0 Å². The highest BCUT2D eigenvalue weighted by atomic mass is 79.9. The van der Waals surface area contributed by atoms with Crippen LogP contribution >= 0.6 is 15.9 Å². The number of hydrogen-bond donors (Lipinski definition) is 1. The van der Waals surface area contributed by atoms with Gasteiger partial charge in [0.15, 0.2) is 0 Å². The Kier molecular flexibility index (Phi) is 4.77. The molecule has 5 heteroatoms. The number of rotatable bonds is 4. The summed E-state index contributed by atoms with van der Waals surface area (Å²) in [5.41, 5.74) is 2.68. The van der Waals surface area contributed by atoms with Crippen LogP contribution < -0.4 is 5.48 Å². The molecule has 4 nitrogen and oxygen atoms in total. The fourth-order valence-corrected chi connectivity index (χ4v) is 1.81. The molecular weight excluding hydrogens is 284 g/mol. The second kappa shape index (κ2) is 5.69. The molecule has 0 unspecified atom stereocenters. The number of hydroxylamine groups is 1. The summed E-state index contributed by atoms with van der Waals surface area (Å²) < 4.78 is 2.80. The maximum Gasteiger partial charge on any atom is 0.291 e. The van der Waals surface area contributed by atoms with Gasteiger partial charge in [-0.05, 0) is 49.2 Å². The first-order valence-corrected chi connectivity index (χ1v) is 6.47. The van der Waals surface area contributed by atoms with E-state index in [1.807, 2.05) is 31.5 Å². The summed E-state index contributed by atoms with van der Waals surface area (Å²) in [5, 5.41) is 0. The average molecular weight is 303 g/mol. The SMILES string of the molecule is CCCn1cc(Br)cc1C(=O)NOC(C)(C)C. The van der Waals surface area contributed by atoms with Gasteiger partial charge in [-0.3, -0.25) is 9.63 Å². The molecule has 0 fully saturated rings. The molecule has 1 aromatic rings. The van der Waals surface area contributed by atoms with E-state index in [-0.39, 0.29) is 5.91 Å². The molecule has 0 radical (unpaired) electrons. The number of carbonyl (C=O) groups is 1. The predicted molar refractivity (Wildman–Crippen MR) is 70.7 cm³/mol. The first-order chi connectivity index (χ1) is 7.83. The van der Waals surface area contributed by atoms with E-state index in [2.05, 4.69) is 28.3 Å². The Balaban J connectivity index is 2.74. The Morgan fingerprint density at radius 1 is 1.53 bits per heavy atom. The van der Waals surface area contributed by atoms with Crippen LogP contribution in [-0.2, 0) is 11.4 Å². The van der Waals surface area contributed by atoms with Crippen LogP contribution in [0.15, 0.2) is 16.7 Å². The minimum atomic E-state index is -0.394. The molecule has 0 saturated carbocycles. The van der Waals surface area contributed by atoms with E-state index in [9.17, 15) is 4.79 Å². The third-order valence-corrected chi connectivity index (χ3v) is 2.44. The number of halogens is 1. The van der Waals surface area contributed by atoms with E-state index in [4.69, 9.17) is 4.84 Å². The summed E-state index contributed by atoms with van der Waals surface area (Å²) >= 11 is 3.37. The topological polar surface area (TPSA) is 43.3 Å². The lowest BCUT2D eigenvalue weighted by Gasteiger charge is -2.19. The highest BCUT2D eigenvalue weighted by Crippen LogP contribution is 2.16. The molecule has 1 aromatic heterocycles. The summed E-state index contributed by atoms with van der Waals surface area (Å²) in [5.74, 6) is -0.223. The van der Waals surface area contributed by atoms with Gasteiger partial charge >= 0.3 is 0 Å². The third kappa shape index (κ3) is 4.52. The number of nitrogens with one attached hydrogen (secondary N) is 1. The van der Waals surface area contributed by atoms with E-state index in [1.165, 1.54) is 0 Å². The summed E-state index contributed by atoms with van der Waals surface area (Å²) in [7, 11) is 0. The van der Waals surface area contributed by atoms with Crippen LogP contribution in [-0.4, -0.2) is 16.1 Å². The van der Waals surface area contributed by atoms with Gasteiger partial charge in [-0.25, -0.2) is 5.48 Å². The van der Waals surface area contributed by atoms with E-state index >= 15 is 0 Å². The Morgan fingerprint density at radius 2 is 2.18 bits per heavy atom. The molecule has 17 heavy (non-hydrogen) atoms. The van der Waals surface area contributed by atoms with Crippen LogP contribution in [0.5, 0.6) is 0 Å². The highest BCUT2D eigenvalue weighted by Gasteiger charge is 2.16. The number of aromatic nitrogens is 1. The minimum absolute atomic E-state index is 0.223. The van der Waals surface area contributed by atoms with Crippen LogP contribution in [0.4, 0.5) is 0 Å². The van der Waals surface area contributed by atoms with Crippen molar-refractivity contribution in [1.82, 2.24) is 10.0 Å². The number of amides is 1. The van der Waals surface area contributed by atoms with Crippen LogP contribution in [0.1, 0.15) is 44.6 Å². The molecule has 0 spiro atoms. The van der Waals surface area contributed by atoms with Crippen molar-refractivity contribution >= 4 is 21.8 Å². The second-order valence-corrected chi connectivity index (χ2v) is 5.80. The Hall–Kier alpha value is -0.810. The Morgan fingerprint density at radius 3 is 2.71 bits per heavy atom. The van der Waals surface area contributed by atoms with Gasteiger partial charge in [0.05, 0.1) is 5.60 Å². The minimum Gasteiger partial charge on any atom is -0.342 e. The van der Waals surface area contributed by atoms with Gasteiger partial charge in [-0.1, -0.05) is 6.92 Å². The first-order valence-electron chi connectivity index (χ1n) is 5.67. The maximum atomic E-state index is 11.9. The van der Waals surface area contributed by atoms with Crippen molar-refractivity contribution in [3.8, 4) is 0 Å². The monoisotopic (exact) mass is 302 g/mol. The first kappa shape index (κ1) is 14.3. The largest absolute Gasteiger partial charge is 0.342 e. The van der Waals surface area contributed by atoms with Crippen molar-refractivity contribution in [2.45, 2.75) is 46.3 Å². The Labute approximate surface area is 110 Å². The van der Waals surface area contributed by atoms with Gasteiger partial charge in [0.1, 0.15) is 5.69 Å². The zero-order chi connectivity index (χ0) is 13.1. The molecule has 1 rings (SSSR count). The molecule has 96 valence electrons. The van der Waals surface area contributed by atoms with E-state index in [0.717, 1.165) is 17.4 Å². The highest BCUT2D eigenvalue weighted by molar-refractivity contribution is 9.10. The lowest BCUT2D eigenvalue weighted by molar-refractivity contribution is -0.0593. The molecular formula is C12H19BrN2O2. The fraction of sp³-hybridized carbons (Fsp3) is 0.583. The number of aryl methyl sites for hydroxylation is 1. The lowest BCUT2D eigenvalue weighted by atomic mass is 10.2. The van der Waals surface area contributed by atoms with Crippen LogP contribution in [0.3, 0.4) is 0 Å². The van der Waals surface area contributed by atoms with E-state index in [0.29, 0.717) is 5.69 Å². The molecule has 1 amide bonds. The smallest absolute Gasteiger partial charge is 0.291 e. The van der Waals surface area contributed by atoms with Crippen molar-refractivity contribution < 1.29 is 9.63 Å². The summed E-state index contributed by atoms with van der Waals surface area (Å²) in [6, 6.07) is 1.79. The molecule has 0 aliphatic carbocycles. The summed E-state index contributed by atoms with van der Waals surface area (Å²) in [4.78, 5) is 17.2. The van der Waals surface area contributed by atoms with Crippen molar-refractivity contribution in [2.24, 2.45) is 0 Å².